The highest BCUT2D eigenvalue weighted by atomic mass is 79.9. The van der Waals surface area contributed by atoms with E-state index in [4.69, 9.17) is 11.1 Å². The molecule has 0 saturated heterocycles. The van der Waals surface area contributed by atoms with Crippen LogP contribution in [0.2, 0.25) is 0 Å². The number of anilines is 2. The molecule has 3 N–H and O–H groups in total. The van der Waals surface area contributed by atoms with Crippen molar-refractivity contribution in [1.82, 2.24) is 0 Å². The molecule has 118 valence electrons. The summed E-state index contributed by atoms with van der Waals surface area (Å²) < 4.78 is 38.8. The normalized spacial score (nSPS) is 11.5. The number of benzene rings is 1. The van der Waals surface area contributed by atoms with Gasteiger partial charge in [0.2, 0.25) is 0 Å². The van der Waals surface area contributed by atoms with Gasteiger partial charge < -0.3 is 5.73 Å². The average molecular weight is 410 g/mol. The van der Waals surface area contributed by atoms with Crippen LogP contribution < -0.4 is 10.6 Å². The van der Waals surface area contributed by atoms with E-state index in [0.717, 1.165) is 11.0 Å². The summed E-state index contributed by atoms with van der Waals surface area (Å²) >= 11 is 5.19. The smallest absolute Gasteiger partial charge is 0.369 e. The SMILES string of the molecule is CSc1cccc(N(C(=N)N)c2cc(C(F)(F)F)sc2Br)c1. The molecule has 0 radical (unpaired) electrons. The van der Waals surface area contributed by atoms with Gasteiger partial charge >= 0.3 is 6.18 Å². The maximum Gasteiger partial charge on any atom is 0.425 e. The van der Waals surface area contributed by atoms with Crippen LogP contribution in [-0.4, -0.2) is 12.2 Å². The highest BCUT2D eigenvalue weighted by molar-refractivity contribution is 9.11. The second kappa shape index (κ2) is 6.51. The van der Waals surface area contributed by atoms with Crippen molar-refractivity contribution >= 4 is 56.4 Å². The highest BCUT2D eigenvalue weighted by Crippen LogP contribution is 2.44. The molecule has 0 atom stereocenters. The molecule has 0 aliphatic carbocycles. The molecule has 0 fully saturated rings. The zero-order valence-corrected chi connectivity index (χ0v) is 14.5. The summed E-state index contributed by atoms with van der Waals surface area (Å²) in [6.07, 6.45) is -2.55. The molecule has 3 nitrogen and oxygen atoms in total. The summed E-state index contributed by atoms with van der Waals surface area (Å²) in [5.41, 5.74) is 6.32. The van der Waals surface area contributed by atoms with Gasteiger partial charge in [-0.2, -0.15) is 13.2 Å². The van der Waals surface area contributed by atoms with Crippen molar-refractivity contribution < 1.29 is 13.2 Å². The third-order valence-electron chi connectivity index (χ3n) is 2.74. The van der Waals surface area contributed by atoms with E-state index in [9.17, 15) is 13.2 Å². The minimum Gasteiger partial charge on any atom is -0.369 e. The Morgan fingerprint density at radius 3 is 2.55 bits per heavy atom. The van der Waals surface area contributed by atoms with Crippen molar-refractivity contribution in [2.45, 2.75) is 11.1 Å². The largest absolute Gasteiger partial charge is 0.425 e. The predicted molar refractivity (Wildman–Crippen MR) is 89.3 cm³/mol. The van der Waals surface area contributed by atoms with Crippen LogP contribution in [0.3, 0.4) is 0 Å². The number of thiophene rings is 1. The van der Waals surface area contributed by atoms with E-state index in [1.807, 2.05) is 12.3 Å². The Morgan fingerprint density at radius 1 is 1.36 bits per heavy atom. The predicted octanol–water partition coefficient (Wildman–Crippen LogP) is 5.28. The van der Waals surface area contributed by atoms with Gasteiger partial charge in [-0.3, -0.25) is 10.3 Å². The topological polar surface area (TPSA) is 53.1 Å². The van der Waals surface area contributed by atoms with Gasteiger partial charge in [0, 0.05) is 4.90 Å². The molecule has 0 aliphatic heterocycles. The summed E-state index contributed by atoms with van der Waals surface area (Å²) in [7, 11) is 0. The Morgan fingerprint density at radius 2 is 2.05 bits per heavy atom. The summed E-state index contributed by atoms with van der Waals surface area (Å²) in [4.78, 5) is 1.45. The van der Waals surface area contributed by atoms with E-state index < -0.39 is 11.1 Å². The third kappa shape index (κ3) is 3.58. The molecule has 22 heavy (non-hydrogen) atoms. The Labute approximate surface area is 141 Å². The van der Waals surface area contributed by atoms with E-state index in [1.165, 1.54) is 16.7 Å². The zero-order chi connectivity index (χ0) is 16.5. The lowest BCUT2D eigenvalue weighted by Crippen LogP contribution is -2.32. The molecule has 2 rings (SSSR count). The van der Waals surface area contributed by atoms with Gasteiger partial charge in [0.25, 0.3) is 0 Å². The van der Waals surface area contributed by atoms with Crippen molar-refractivity contribution in [1.29, 1.82) is 5.41 Å². The number of rotatable bonds is 3. The molecular weight excluding hydrogens is 399 g/mol. The molecule has 9 heteroatoms. The van der Waals surface area contributed by atoms with Gasteiger partial charge in [0.1, 0.15) is 4.88 Å². The van der Waals surface area contributed by atoms with E-state index in [0.29, 0.717) is 17.0 Å². The molecule has 0 bridgehead atoms. The van der Waals surface area contributed by atoms with Crippen LogP contribution in [0.5, 0.6) is 0 Å². The van der Waals surface area contributed by atoms with Crippen LogP contribution in [-0.2, 0) is 6.18 Å². The van der Waals surface area contributed by atoms with Crippen LogP contribution in [0.25, 0.3) is 0 Å². The molecule has 1 heterocycles. The lowest BCUT2D eigenvalue weighted by Gasteiger charge is -2.22. The van der Waals surface area contributed by atoms with Gasteiger partial charge in [0.15, 0.2) is 5.96 Å². The number of halogens is 4. The van der Waals surface area contributed by atoms with Gasteiger partial charge in [-0.1, -0.05) is 6.07 Å². The average Bonchev–Trinajstić information content (AvgIpc) is 2.81. The lowest BCUT2D eigenvalue weighted by molar-refractivity contribution is -0.134. The number of nitrogens with one attached hydrogen (secondary N) is 1. The molecule has 0 amide bonds. The highest BCUT2D eigenvalue weighted by Gasteiger charge is 2.35. The number of nitrogens with zero attached hydrogens (tertiary/aromatic N) is 1. The molecule has 2 aromatic rings. The number of nitrogens with two attached hydrogens (primary N) is 1. The standard InChI is InChI=1S/C13H11BrF3N3S2/c1-21-8-4-2-3-7(5-8)20(12(18)19)9-6-10(13(15,16)17)22-11(9)14/h2-6H,1H3,(H3,18,19). The number of guanidine groups is 1. The maximum absolute atomic E-state index is 12.8. The van der Waals surface area contributed by atoms with Crippen LogP contribution in [0.4, 0.5) is 24.5 Å². The van der Waals surface area contributed by atoms with E-state index >= 15 is 0 Å². The van der Waals surface area contributed by atoms with Crippen LogP contribution in [0.15, 0.2) is 39.0 Å². The molecular formula is C13H11BrF3N3S2. The molecule has 0 unspecified atom stereocenters. The Balaban J connectivity index is 2.53. The first-order valence-electron chi connectivity index (χ1n) is 5.88. The minimum atomic E-state index is -4.44. The van der Waals surface area contributed by atoms with Crippen LogP contribution >= 0.6 is 39.0 Å². The van der Waals surface area contributed by atoms with Crippen molar-refractivity contribution in [3.8, 4) is 0 Å². The van der Waals surface area contributed by atoms with E-state index in [2.05, 4.69) is 15.9 Å². The maximum atomic E-state index is 12.8. The van der Waals surface area contributed by atoms with E-state index in [-0.39, 0.29) is 15.4 Å². The third-order valence-corrected chi connectivity index (χ3v) is 5.32. The van der Waals surface area contributed by atoms with Gasteiger partial charge in [-0.05, 0) is 46.5 Å². The fraction of sp³-hybridized carbons (Fsp3) is 0.154. The Bertz CT molecular complexity index is 700. The van der Waals surface area contributed by atoms with Crippen molar-refractivity contribution in [2.75, 3.05) is 11.2 Å². The molecule has 1 aromatic heterocycles. The number of alkyl halides is 3. The van der Waals surface area contributed by atoms with Gasteiger partial charge in [-0.15, -0.1) is 23.1 Å². The first kappa shape index (κ1) is 17.2. The monoisotopic (exact) mass is 409 g/mol. The summed E-state index contributed by atoms with van der Waals surface area (Å²) in [6.45, 7) is 0. The summed E-state index contributed by atoms with van der Waals surface area (Å²) in [6, 6.07) is 8.09. The first-order chi connectivity index (χ1) is 10.2. The van der Waals surface area contributed by atoms with Gasteiger partial charge in [-0.25, -0.2) is 0 Å². The summed E-state index contributed by atoms with van der Waals surface area (Å²) in [5, 5.41) is 7.72. The molecule has 0 saturated carbocycles. The number of thioether (sulfide) groups is 1. The van der Waals surface area contributed by atoms with Crippen LogP contribution in [0, 0.1) is 5.41 Å². The second-order valence-corrected chi connectivity index (χ2v) is 7.44. The molecule has 0 aliphatic rings. The Kier molecular flexibility index (Phi) is 5.08. The minimum absolute atomic E-state index is 0.197. The number of hydrogen-bond acceptors (Lipinski definition) is 3. The van der Waals surface area contributed by atoms with E-state index in [1.54, 1.807) is 18.2 Å². The second-order valence-electron chi connectivity index (χ2n) is 4.19. The summed E-state index contributed by atoms with van der Waals surface area (Å²) in [5.74, 6) is -0.356. The lowest BCUT2D eigenvalue weighted by atomic mass is 10.2. The molecule has 0 spiro atoms. The number of hydrogen-bond donors (Lipinski definition) is 2. The fourth-order valence-electron chi connectivity index (χ4n) is 1.81. The van der Waals surface area contributed by atoms with Crippen molar-refractivity contribution in [2.24, 2.45) is 5.73 Å². The van der Waals surface area contributed by atoms with Crippen molar-refractivity contribution in [3.63, 3.8) is 0 Å². The molecule has 1 aromatic carbocycles. The first-order valence-corrected chi connectivity index (χ1v) is 8.72. The quantitative estimate of drug-likeness (QED) is 0.411. The van der Waals surface area contributed by atoms with Gasteiger partial charge in [0.05, 0.1) is 15.2 Å². The van der Waals surface area contributed by atoms with Crippen molar-refractivity contribution in [3.05, 3.63) is 39.0 Å². The Hall–Kier alpha value is -1.19. The fourth-order valence-corrected chi connectivity index (χ4v) is 3.81. The zero-order valence-electron chi connectivity index (χ0n) is 11.2. The van der Waals surface area contributed by atoms with Crippen LogP contribution in [0.1, 0.15) is 4.88 Å².